The predicted molar refractivity (Wildman–Crippen MR) is 105 cm³/mol. The van der Waals surface area contributed by atoms with Gasteiger partial charge in [0.25, 0.3) is 0 Å². The van der Waals surface area contributed by atoms with Crippen LogP contribution in [-0.4, -0.2) is 17.5 Å². The number of rotatable bonds is 3. The van der Waals surface area contributed by atoms with Crippen LogP contribution in [0, 0.1) is 0 Å². The van der Waals surface area contributed by atoms with Crippen molar-refractivity contribution in [3.63, 3.8) is 0 Å². The summed E-state index contributed by atoms with van der Waals surface area (Å²) in [4.78, 5) is 0. The number of benzene rings is 2. The van der Waals surface area contributed by atoms with Gasteiger partial charge >= 0.3 is 0 Å². The quantitative estimate of drug-likeness (QED) is 0.366. The molecular formula is C16H8Br2N4S2. The Kier molecular flexibility index (Phi) is 4.53. The first-order valence-electron chi connectivity index (χ1n) is 6.90. The highest BCUT2D eigenvalue weighted by atomic mass is 79.9. The summed E-state index contributed by atoms with van der Waals surface area (Å²) in [5.41, 5.74) is 6.16. The van der Waals surface area contributed by atoms with Crippen LogP contribution in [0.2, 0.25) is 0 Å². The number of aromatic nitrogens is 4. The second-order valence-electron chi connectivity index (χ2n) is 4.96. The lowest BCUT2D eigenvalue weighted by molar-refractivity contribution is 1.43. The van der Waals surface area contributed by atoms with Gasteiger partial charge in [-0.2, -0.15) is 17.5 Å². The first-order valence-corrected chi connectivity index (χ1v) is 9.94. The van der Waals surface area contributed by atoms with E-state index < -0.39 is 0 Å². The Balaban J connectivity index is 1.62. The SMILES string of the molecule is Brc1nsnc1-c1ccc(-c2ccc(-c3nsnc3Br)cc2)cc1. The normalized spacial score (nSPS) is 10.9. The molecule has 0 saturated heterocycles. The van der Waals surface area contributed by atoms with Gasteiger partial charge in [-0.1, -0.05) is 48.5 Å². The lowest BCUT2D eigenvalue weighted by Gasteiger charge is -2.05. The third-order valence-electron chi connectivity index (χ3n) is 3.55. The fourth-order valence-corrected chi connectivity index (χ4v) is 4.54. The van der Waals surface area contributed by atoms with Crippen molar-refractivity contribution in [1.82, 2.24) is 17.5 Å². The molecule has 0 unspecified atom stereocenters. The van der Waals surface area contributed by atoms with E-state index in [0.717, 1.165) is 42.8 Å². The van der Waals surface area contributed by atoms with Crippen molar-refractivity contribution >= 4 is 55.3 Å². The lowest BCUT2D eigenvalue weighted by Crippen LogP contribution is -1.83. The summed E-state index contributed by atoms with van der Waals surface area (Å²) in [6.07, 6.45) is 0. The Morgan fingerprint density at radius 3 is 1.12 bits per heavy atom. The summed E-state index contributed by atoms with van der Waals surface area (Å²) in [6.45, 7) is 0. The molecule has 0 fully saturated rings. The molecule has 0 spiro atoms. The number of halogens is 2. The van der Waals surface area contributed by atoms with Gasteiger partial charge in [0.2, 0.25) is 0 Å². The van der Waals surface area contributed by atoms with E-state index in [1.165, 1.54) is 23.5 Å². The Hall–Kier alpha value is -1.48. The zero-order valence-electron chi connectivity index (χ0n) is 12.0. The van der Waals surface area contributed by atoms with Crippen LogP contribution in [0.3, 0.4) is 0 Å². The number of hydrogen-bond acceptors (Lipinski definition) is 6. The van der Waals surface area contributed by atoms with Crippen LogP contribution in [-0.2, 0) is 0 Å². The second kappa shape index (κ2) is 6.79. The molecule has 0 atom stereocenters. The van der Waals surface area contributed by atoms with E-state index in [1.807, 2.05) is 0 Å². The van der Waals surface area contributed by atoms with Crippen LogP contribution in [0.4, 0.5) is 0 Å². The molecule has 4 rings (SSSR count). The molecule has 4 aromatic rings. The van der Waals surface area contributed by atoms with Crippen molar-refractivity contribution in [1.29, 1.82) is 0 Å². The molecule has 0 aliphatic heterocycles. The van der Waals surface area contributed by atoms with E-state index in [0.29, 0.717) is 0 Å². The van der Waals surface area contributed by atoms with Crippen molar-refractivity contribution in [2.75, 3.05) is 0 Å². The first-order chi connectivity index (χ1) is 11.7. The Labute approximate surface area is 163 Å². The van der Waals surface area contributed by atoms with E-state index in [1.54, 1.807) is 0 Å². The molecule has 8 heteroatoms. The van der Waals surface area contributed by atoms with E-state index in [4.69, 9.17) is 0 Å². The van der Waals surface area contributed by atoms with Crippen LogP contribution in [0.15, 0.2) is 57.7 Å². The van der Waals surface area contributed by atoms with Gasteiger partial charge in [-0.3, -0.25) is 0 Å². The van der Waals surface area contributed by atoms with Gasteiger partial charge in [-0.15, -0.1) is 0 Å². The van der Waals surface area contributed by atoms with Gasteiger partial charge < -0.3 is 0 Å². The molecule has 0 aliphatic carbocycles. The molecular weight excluding hydrogens is 472 g/mol. The minimum absolute atomic E-state index is 0.784. The number of hydrogen-bond donors (Lipinski definition) is 0. The monoisotopic (exact) mass is 478 g/mol. The van der Waals surface area contributed by atoms with Crippen LogP contribution in [0.25, 0.3) is 33.6 Å². The molecule has 118 valence electrons. The van der Waals surface area contributed by atoms with E-state index in [-0.39, 0.29) is 0 Å². The predicted octanol–water partition coefficient (Wildman–Crippen LogP) is 5.92. The highest BCUT2D eigenvalue weighted by Gasteiger charge is 2.10. The molecule has 0 aliphatic rings. The second-order valence-corrected chi connectivity index (χ2v) is 7.52. The Morgan fingerprint density at radius 1 is 0.500 bits per heavy atom. The summed E-state index contributed by atoms with van der Waals surface area (Å²) in [5, 5.41) is 0. The van der Waals surface area contributed by atoms with Crippen LogP contribution < -0.4 is 0 Å². The fraction of sp³-hybridized carbons (Fsp3) is 0. The average molecular weight is 480 g/mol. The summed E-state index contributed by atoms with van der Waals surface area (Å²) in [6, 6.07) is 16.6. The highest BCUT2D eigenvalue weighted by Crippen LogP contribution is 2.31. The fourth-order valence-electron chi connectivity index (χ4n) is 2.34. The van der Waals surface area contributed by atoms with Crippen molar-refractivity contribution in [3.05, 3.63) is 57.7 Å². The minimum atomic E-state index is 0.784. The molecule has 4 nitrogen and oxygen atoms in total. The molecule has 2 aromatic heterocycles. The van der Waals surface area contributed by atoms with E-state index >= 15 is 0 Å². The van der Waals surface area contributed by atoms with Crippen LogP contribution in [0.5, 0.6) is 0 Å². The maximum Gasteiger partial charge on any atom is 0.147 e. The molecule has 0 N–H and O–H groups in total. The topological polar surface area (TPSA) is 51.6 Å². The van der Waals surface area contributed by atoms with Gasteiger partial charge in [-0.25, -0.2) is 0 Å². The third-order valence-corrected chi connectivity index (χ3v) is 6.18. The molecule has 2 heterocycles. The van der Waals surface area contributed by atoms with Crippen molar-refractivity contribution in [2.24, 2.45) is 0 Å². The summed E-state index contributed by atoms with van der Waals surface area (Å²) in [5.74, 6) is 0. The Bertz CT molecular complexity index is 896. The molecule has 0 radical (unpaired) electrons. The number of nitrogens with zero attached hydrogens (tertiary/aromatic N) is 4. The smallest absolute Gasteiger partial charge is 0.147 e. The Morgan fingerprint density at radius 2 is 0.833 bits per heavy atom. The van der Waals surface area contributed by atoms with Gasteiger partial charge in [-0.05, 0) is 43.0 Å². The summed E-state index contributed by atoms with van der Waals surface area (Å²) in [7, 11) is 0. The van der Waals surface area contributed by atoms with Crippen molar-refractivity contribution in [3.8, 4) is 33.6 Å². The van der Waals surface area contributed by atoms with Gasteiger partial charge in [0, 0.05) is 11.1 Å². The largest absolute Gasteiger partial charge is 0.172 e. The maximum atomic E-state index is 4.30. The maximum absolute atomic E-state index is 4.30. The lowest BCUT2D eigenvalue weighted by atomic mass is 10.0. The first kappa shape index (κ1) is 16.0. The van der Waals surface area contributed by atoms with E-state index in [9.17, 15) is 0 Å². The van der Waals surface area contributed by atoms with E-state index in [2.05, 4.69) is 97.9 Å². The summed E-state index contributed by atoms with van der Waals surface area (Å²) >= 11 is 9.25. The van der Waals surface area contributed by atoms with Crippen molar-refractivity contribution in [2.45, 2.75) is 0 Å². The van der Waals surface area contributed by atoms with Crippen LogP contribution >= 0.6 is 55.3 Å². The highest BCUT2D eigenvalue weighted by molar-refractivity contribution is 9.10. The summed E-state index contributed by atoms with van der Waals surface area (Å²) < 4.78 is 18.5. The molecule has 0 bridgehead atoms. The third kappa shape index (κ3) is 3.06. The van der Waals surface area contributed by atoms with Gasteiger partial charge in [0.05, 0.1) is 23.5 Å². The zero-order chi connectivity index (χ0) is 16.5. The molecule has 0 saturated carbocycles. The van der Waals surface area contributed by atoms with Gasteiger partial charge in [0.1, 0.15) is 20.6 Å². The zero-order valence-corrected chi connectivity index (χ0v) is 16.8. The standard InChI is InChI=1S/C16H8Br2N4S2/c17-15-13(19-23-21-15)11-5-1-9(2-6-11)10-3-7-12(8-4-10)14-16(18)22-24-20-14/h1-8H. The molecule has 24 heavy (non-hydrogen) atoms. The molecule has 0 amide bonds. The minimum Gasteiger partial charge on any atom is -0.172 e. The average Bonchev–Trinajstić information content (AvgIpc) is 3.23. The van der Waals surface area contributed by atoms with Gasteiger partial charge in [0.15, 0.2) is 0 Å². The van der Waals surface area contributed by atoms with Crippen molar-refractivity contribution < 1.29 is 0 Å². The van der Waals surface area contributed by atoms with Crippen LogP contribution in [0.1, 0.15) is 0 Å². The molecule has 2 aromatic carbocycles.